The average Bonchev–Trinajstić information content (AvgIpc) is 2.52. The number of nitrogens with two attached hydrogens (primary N) is 1. The van der Waals surface area contributed by atoms with Gasteiger partial charge in [-0.15, -0.1) is 0 Å². The highest BCUT2D eigenvalue weighted by atomic mass is 19.1. The maximum Gasteiger partial charge on any atom is 0.251 e. The number of carbonyl (C=O) groups excluding carboxylic acids is 1. The van der Waals surface area contributed by atoms with Crippen LogP contribution in [-0.4, -0.2) is 13.0 Å². The summed E-state index contributed by atoms with van der Waals surface area (Å²) in [6, 6.07) is 11.7. The van der Waals surface area contributed by atoms with Crippen LogP contribution < -0.4 is 15.8 Å². The minimum absolute atomic E-state index is 0.111. The van der Waals surface area contributed by atoms with Gasteiger partial charge in [0.1, 0.15) is 0 Å². The summed E-state index contributed by atoms with van der Waals surface area (Å²) in [7, 11) is 1.38. The average molecular weight is 288 g/mol. The molecule has 0 aliphatic carbocycles. The Morgan fingerprint density at radius 3 is 2.57 bits per heavy atom. The number of hydrogen-bond donors (Lipinski definition) is 2. The van der Waals surface area contributed by atoms with Crippen molar-refractivity contribution in [3.8, 4) is 5.75 Å². The standard InChI is InChI=1S/C16H17FN2O2/c1-21-15-7-6-11(8-14(15)17)16(20)19-10-13-5-3-2-4-12(13)9-18/h2-8H,9-10,18H2,1H3,(H,19,20). The SMILES string of the molecule is COc1ccc(C(=O)NCc2ccccc2CN)cc1F. The first kappa shape index (κ1) is 15.0. The molecule has 0 saturated carbocycles. The predicted octanol–water partition coefficient (Wildman–Crippen LogP) is 2.22. The summed E-state index contributed by atoms with van der Waals surface area (Å²) in [6.07, 6.45) is 0. The molecular formula is C16H17FN2O2. The monoisotopic (exact) mass is 288 g/mol. The molecule has 2 aromatic carbocycles. The molecule has 0 aromatic heterocycles. The second-order valence-electron chi connectivity index (χ2n) is 4.50. The molecule has 3 N–H and O–H groups in total. The van der Waals surface area contributed by atoms with Gasteiger partial charge in [-0.1, -0.05) is 24.3 Å². The highest BCUT2D eigenvalue weighted by Gasteiger charge is 2.10. The van der Waals surface area contributed by atoms with Gasteiger partial charge in [-0.3, -0.25) is 4.79 Å². The summed E-state index contributed by atoms with van der Waals surface area (Å²) in [6.45, 7) is 0.753. The van der Waals surface area contributed by atoms with Crippen molar-refractivity contribution < 1.29 is 13.9 Å². The van der Waals surface area contributed by atoms with Gasteiger partial charge in [0.05, 0.1) is 7.11 Å². The summed E-state index contributed by atoms with van der Waals surface area (Å²) in [5.74, 6) is -0.795. The molecule has 2 rings (SSSR count). The lowest BCUT2D eigenvalue weighted by molar-refractivity contribution is 0.0950. The molecule has 2 aromatic rings. The number of methoxy groups -OCH3 is 1. The molecule has 1 amide bonds. The topological polar surface area (TPSA) is 64.3 Å². The van der Waals surface area contributed by atoms with Crippen LogP contribution in [0.4, 0.5) is 4.39 Å². The molecule has 5 heteroatoms. The summed E-state index contributed by atoms with van der Waals surface area (Å²) >= 11 is 0. The molecule has 4 nitrogen and oxygen atoms in total. The Balaban J connectivity index is 2.06. The molecular weight excluding hydrogens is 271 g/mol. The number of hydrogen-bond acceptors (Lipinski definition) is 3. The molecule has 0 unspecified atom stereocenters. The Hall–Kier alpha value is -2.40. The summed E-state index contributed by atoms with van der Waals surface area (Å²) < 4.78 is 18.4. The quantitative estimate of drug-likeness (QED) is 0.886. The van der Waals surface area contributed by atoms with E-state index in [-0.39, 0.29) is 17.2 Å². The lowest BCUT2D eigenvalue weighted by Crippen LogP contribution is -2.23. The fourth-order valence-corrected chi connectivity index (χ4v) is 2.01. The van der Waals surface area contributed by atoms with Gasteiger partial charge in [0.25, 0.3) is 5.91 Å². The van der Waals surface area contributed by atoms with Crippen LogP contribution in [0.15, 0.2) is 42.5 Å². The van der Waals surface area contributed by atoms with Crippen molar-refractivity contribution in [1.29, 1.82) is 0 Å². The van der Waals surface area contributed by atoms with E-state index in [0.29, 0.717) is 13.1 Å². The third kappa shape index (κ3) is 3.58. The predicted molar refractivity (Wildman–Crippen MR) is 78.5 cm³/mol. The number of amides is 1. The van der Waals surface area contributed by atoms with Crippen LogP contribution >= 0.6 is 0 Å². The Morgan fingerprint density at radius 1 is 1.24 bits per heavy atom. The molecule has 0 spiro atoms. The fourth-order valence-electron chi connectivity index (χ4n) is 2.01. The second kappa shape index (κ2) is 6.85. The number of halogens is 1. The van der Waals surface area contributed by atoms with Gasteiger partial charge in [-0.05, 0) is 29.3 Å². The molecule has 0 aliphatic heterocycles. The van der Waals surface area contributed by atoms with E-state index >= 15 is 0 Å². The Kier molecular flexibility index (Phi) is 4.90. The zero-order chi connectivity index (χ0) is 15.2. The highest BCUT2D eigenvalue weighted by Crippen LogP contribution is 2.17. The van der Waals surface area contributed by atoms with Gasteiger partial charge >= 0.3 is 0 Å². The highest BCUT2D eigenvalue weighted by molar-refractivity contribution is 5.94. The third-order valence-corrected chi connectivity index (χ3v) is 3.19. The second-order valence-corrected chi connectivity index (χ2v) is 4.50. The van der Waals surface area contributed by atoms with Gasteiger partial charge in [0.2, 0.25) is 0 Å². The Labute approximate surface area is 122 Å². The van der Waals surface area contributed by atoms with Crippen LogP contribution in [0.5, 0.6) is 5.75 Å². The van der Waals surface area contributed by atoms with Crippen LogP contribution in [0.25, 0.3) is 0 Å². The van der Waals surface area contributed by atoms with E-state index in [1.54, 1.807) is 0 Å². The molecule has 0 aliphatic rings. The largest absolute Gasteiger partial charge is 0.494 e. The normalized spacial score (nSPS) is 10.2. The Bertz CT molecular complexity index is 644. The molecule has 0 fully saturated rings. The van der Waals surface area contributed by atoms with E-state index in [2.05, 4.69) is 5.32 Å². The molecule has 0 atom stereocenters. The first-order valence-electron chi connectivity index (χ1n) is 6.54. The van der Waals surface area contributed by atoms with Crippen molar-refractivity contribution in [3.05, 3.63) is 65.0 Å². The van der Waals surface area contributed by atoms with Crippen molar-refractivity contribution in [2.24, 2.45) is 5.73 Å². The molecule has 0 heterocycles. The van der Waals surface area contributed by atoms with Crippen LogP contribution in [-0.2, 0) is 13.1 Å². The molecule has 0 radical (unpaired) electrons. The zero-order valence-electron chi connectivity index (χ0n) is 11.7. The van der Waals surface area contributed by atoms with Crippen LogP contribution in [0.3, 0.4) is 0 Å². The van der Waals surface area contributed by atoms with Crippen LogP contribution in [0.2, 0.25) is 0 Å². The van der Waals surface area contributed by atoms with Gasteiger partial charge in [0, 0.05) is 18.7 Å². The first-order chi connectivity index (χ1) is 10.2. The van der Waals surface area contributed by atoms with Crippen molar-refractivity contribution in [2.45, 2.75) is 13.1 Å². The van der Waals surface area contributed by atoms with Crippen LogP contribution in [0.1, 0.15) is 21.5 Å². The van der Waals surface area contributed by atoms with Crippen molar-refractivity contribution in [3.63, 3.8) is 0 Å². The Morgan fingerprint density at radius 2 is 1.95 bits per heavy atom. The van der Waals surface area contributed by atoms with Crippen molar-refractivity contribution >= 4 is 5.91 Å². The zero-order valence-corrected chi connectivity index (χ0v) is 11.7. The van der Waals surface area contributed by atoms with E-state index in [0.717, 1.165) is 17.2 Å². The summed E-state index contributed by atoms with van der Waals surface area (Å²) in [5, 5.41) is 2.75. The number of carbonyl (C=O) groups is 1. The fraction of sp³-hybridized carbons (Fsp3) is 0.188. The molecule has 110 valence electrons. The first-order valence-corrected chi connectivity index (χ1v) is 6.54. The third-order valence-electron chi connectivity index (χ3n) is 3.19. The van der Waals surface area contributed by atoms with E-state index in [1.807, 2.05) is 24.3 Å². The molecule has 21 heavy (non-hydrogen) atoms. The molecule has 0 bridgehead atoms. The van der Waals surface area contributed by atoms with Gasteiger partial charge in [-0.25, -0.2) is 4.39 Å². The summed E-state index contributed by atoms with van der Waals surface area (Å²) in [4.78, 5) is 12.0. The lowest BCUT2D eigenvalue weighted by Gasteiger charge is -2.10. The van der Waals surface area contributed by atoms with E-state index in [9.17, 15) is 9.18 Å². The minimum atomic E-state index is -0.562. The van der Waals surface area contributed by atoms with Crippen LogP contribution in [0, 0.1) is 5.82 Å². The van der Waals surface area contributed by atoms with Gasteiger partial charge in [0.15, 0.2) is 11.6 Å². The minimum Gasteiger partial charge on any atom is -0.494 e. The van der Waals surface area contributed by atoms with Crippen molar-refractivity contribution in [2.75, 3.05) is 7.11 Å². The lowest BCUT2D eigenvalue weighted by atomic mass is 10.1. The van der Waals surface area contributed by atoms with E-state index in [1.165, 1.54) is 19.2 Å². The maximum absolute atomic E-state index is 13.6. The maximum atomic E-state index is 13.6. The number of rotatable bonds is 5. The number of nitrogens with one attached hydrogen (secondary N) is 1. The van der Waals surface area contributed by atoms with Gasteiger partial charge in [-0.2, -0.15) is 0 Å². The van der Waals surface area contributed by atoms with Gasteiger partial charge < -0.3 is 15.8 Å². The van der Waals surface area contributed by atoms with E-state index < -0.39 is 5.82 Å². The summed E-state index contributed by atoms with van der Waals surface area (Å²) in [5.41, 5.74) is 7.81. The number of ether oxygens (including phenoxy) is 1. The number of benzene rings is 2. The molecule has 0 saturated heterocycles. The smallest absolute Gasteiger partial charge is 0.251 e. The van der Waals surface area contributed by atoms with Crippen molar-refractivity contribution in [1.82, 2.24) is 5.32 Å². The van der Waals surface area contributed by atoms with E-state index in [4.69, 9.17) is 10.5 Å².